The van der Waals surface area contributed by atoms with Gasteiger partial charge in [-0.3, -0.25) is 0 Å². The summed E-state index contributed by atoms with van der Waals surface area (Å²) < 4.78 is 5.58. The average molecular weight is 263 g/mol. The molecule has 0 spiro atoms. The molecule has 1 aromatic carbocycles. The molecule has 0 aliphatic heterocycles. The molecular weight excluding hydrogens is 242 g/mol. The average Bonchev–Trinajstić information content (AvgIpc) is 2.42. The normalized spacial score (nSPS) is 23.0. The molecule has 0 aromatic heterocycles. The molecule has 104 valence electrons. The maximum atomic E-state index is 12.1. The highest BCUT2D eigenvalue weighted by Crippen LogP contribution is 2.30. The number of carbonyl (C=O) groups is 1. The van der Waals surface area contributed by atoms with Gasteiger partial charge in [-0.15, -0.1) is 0 Å². The number of benzene rings is 1. The molecule has 3 N–H and O–H groups in total. The number of aromatic hydroxyl groups is 1. The second-order valence-electron chi connectivity index (χ2n) is 5.17. The van der Waals surface area contributed by atoms with Crippen molar-refractivity contribution >= 4 is 11.7 Å². The first-order valence-corrected chi connectivity index (χ1v) is 6.91. The van der Waals surface area contributed by atoms with E-state index in [1.54, 1.807) is 6.07 Å². The molecule has 1 aliphatic rings. The lowest BCUT2D eigenvalue weighted by atomic mass is 9.85. The number of phenols is 1. The van der Waals surface area contributed by atoms with Gasteiger partial charge < -0.3 is 15.6 Å². The van der Waals surface area contributed by atoms with E-state index in [2.05, 4.69) is 6.92 Å². The van der Waals surface area contributed by atoms with Crippen LogP contribution in [0.1, 0.15) is 49.4 Å². The van der Waals surface area contributed by atoms with Gasteiger partial charge in [-0.1, -0.05) is 13.3 Å². The van der Waals surface area contributed by atoms with Crippen LogP contribution in [-0.2, 0) is 4.74 Å². The molecule has 1 saturated carbocycles. The second-order valence-corrected chi connectivity index (χ2v) is 5.17. The molecule has 2 unspecified atom stereocenters. The number of carbonyl (C=O) groups excluding carboxylic acids is 1. The summed E-state index contributed by atoms with van der Waals surface area (Å²) in [6.45, 7) is 2.13. The summed E-state index contributed by atoms with van der Waals surface area (Å²) in [7, 11) is 0. The first-order valence-electron chi connectivity index (χ1n) is 6.91. The van der Waals surface area contributed by atoms with E-state index in [0.717, 1.165) is 25.7 Å². The SMILES string of the molecule is CCC1CCCCC1OC(=O)c1ccc(N)c(O)c1. The number of anilines is 1. The third kappa shape index (κ3) is 3.19. The standard InChI is InChI=1S/C15H21NO3/c1-2-10-5-3-4-6-14(10)19-15(18)11-7-8-12(16)13(17)9-11/h7-10,14,17H,2-6,16H2,1H3. The fourth-order valence-electron chi connectivity index (χ4n) is 2.67. The smallest absolute Gasteiger partial charge is 0.338 e. The van der Waals surface area contributed by atoms with Crippen molar-refractivity contribution in [3.05, 3.63) is 23.8 Å². The van der Waals surface area contributed by atoms with Gasteiger partial charge in [0.1, 0.15) is 11.9 Å². The van der Waals surface area contributed by atoms with E-state index < -0.39 is 0 Å². The Kier molecular flexibility index (Phi) is 4.30. The topological polar surface area (TPSA) is 72.5 Å². The summed E-state index contributed by atoms with van der Waals surface area (Å²) in [5.74, 6) is 0.00543. The van der Waals surface area contributed by atoms with E-state index in [1.807, 2.05) is 0 Å². The number of nitrogens with two attached hydrogens (primary N) is 1. The highest BCUT2D eigenvalue weighted by Gasteiger charge is 2.27. The Balaban J connectivity index is 2.05. The van der Waals surface area contributed by atoms with Crippen molar-refractivity contribution in [3.63, 3.8) is 0 Å². The Labute approximate surface area is 113 Å². The summed E-state index contributed by atoms with van der Waals surface area (Å²) in [5.41, 5.74) is 6.13. The van der Waals surface area contributed by atoms with Crippen molar-refractivity contribution in [3.8, 4) is 5.75 Å². The third-order valence-electron chi connectivity index (χ3n) is 3.89. The predicted molar refractivity (Wildman–Crippen MR) is 74.0 cm³/mol. The van der Waals surface area contributed by atoms with E-state index in [1.165, 1.54) is 18.6 Å². The Morgan fingerprint density at radius 1 is 1.42 bits per heavy atom. The van der Waals surface area contributed by atoms with Gasteiger partial charge in [-0.2, -0.15) is 0 Å². The van der Waals surface area contributed by atoms with Gasteiger partial charge in [0.05, 0.1) is 11.3 Å². The minimum atomic E-state index is -0.374. The lowest BCUT2D eigenvalue weighted by molar-refractivity contribution is 0.000681. The Morgan fingerprint density at radius 3 is 2.84 bits per heavy atom. The quantitative estimate of drug-likeness (QED) is 0.499. The van der Waals surface area contributed by atoms with Crippen LogP contribution < -0.4 is 5.73 Å². The van der Waals surface area contributed by atoms with Crippen molar-refractivity contribution in [2.24, 2.45) is 5.92 Å². The Bertz CT molecular complexity index is 459. The molecule has 0 bridgehead atoms. The van der Waals surface area contributed by atoms with Gasteiger partial charge in [0.2, 0.25) is 0 Å². The number of esters is 1. The molecule has 4 nitrogen and oxygen atoms in total. The van der Waals surface area contributed by atoms with Gasteiger partial charge in [0.25, 0.3) is 0 Å². The van der Waals surface area contributed by atoms with Gasteiger partial charge in [0.15, 0.2) is 0 Å². The zero-order chi connectivity index (χ0) is 13.8. The first kappa shape index (κ1) is 13.7. The van der Waals surface area contributed by atoms with Crippen LogP contribution in [0.5, 0.6) is 5.75 Å². The van der Waals surface area contributed by atoms with Crippen molar-refractivity contribution < 1.29 is 14.6 Å². The summed E-state index contributed by atoms with van der Waals surface area (Å²) in [4.78, 5) is 12.1. The third-order valence-corrected chi connectivity index (χ3v) is 3.89. The molecule has 2 atom stereocenters. The fourth-order valence-corrected chi connectivity index (χ4v) is 2.67. The number of phenolic OH excluding ortho intramolecular Hbond substituents is 1. The number of nitrogen functional groups attached to an aromatic ring is 1. The minimum Gasteiger partial charge on any atom is -0.506 e. The molecule has 4 heteroatoms. The van der Waals surface area contributed by atoms with E-state index in [4.69, 9.17) is 10.5 Å². The highest BCUT2D eigenvalue weighted by molar-refractivity contribution is 5.90. The summed E-state index contributed by atoms with van der Waals surface area (Å²) in [6, 6.07) is 4.46. The van der Waals surface area contributed by atoms with Gasteiger partial charge in [-0.05, 0) is 49.8 Å². The van der Waals surface area contributed by atoms with Crippen molar-refractivity contribution in [2.45, 2.75) is 45.1 Å². The van der Waals surface area contributed by atoms with Gasteiger partial charge >= 0.3 is 5.97 Å². The largest absolute Gasteiger partial charge is 0.506 e. The summed E-state index contributed by atoms with van der Waals surface area (Å²) in [6.07, 6.45) is 5.43. The van der Waals surface area contributed by atoms with Crippen LogP contribution >= 0.6 is 0 Å². The zero-order valence-corrected chi connectivity index (χ0v) is 11.3. The molecule has 1 aliphatic carbocycles. The summed E-state index contributed by atoms with van der Waals surface area (Å²) in [5, 5.41) is 9.52. The maximum absolute atomic E-state index is 12.1. The van der Waals surface area contributed by atoms with Crippen molar-refractivity contribution in [1.82, 2.24) is 0 Å². The molecule has 2 rings (SSSR count). The van der Waals surface area contributed by atoms with Crippen LogP contribution in [0.3, 0.4) is 0 Å². The molecule has 1 fully saturated rings. The lowest BCUT2D eigenvalue weighted by Crippen LogP contribution is -2.29. The van der Waals surface area contributed by atoms with E-state index in [-0.39, 0.29) is 23.5 Å². The number of hydrogen-bond acceptors (Lipinski definition) is 4. The van der Waals surface area contributed by atoms with Crippen molar-refractivity contribution in [1.29, 1.82) is 0 Å². The zero-order valence-electron chi connectivity index (χ0n) is 11.3. The van der Waals surface area contributed by atoms with Crippen molar-refractivity contribution in [2.75, 3.05) is 5.73 Å². The predicted octanol–water partition coefficient (Wildman–Crippen LogP) is 3.10. The molecule has 19 heavy (non-hydrogen) atoms. The Morgan fingerprint density at radius 2 is 2.16 bits per heavy atom. The van der Waals surface area contributed by atoms with Crippen LogP contribution in [0.4, 0.5) is 5.69 Å². The monoisotopic (exact) mass is 263 g/mol. The maximum Gasteiger partial charge on any atom is 0.338 e. The van der Waals surface area contributed by atoms with Crippen LogP contribution in [-0.4, -0.2) is 17.2 Å². The molecule has 0 heterocycles. The number of hydrogen-bond donors (Lipinski definition) is 2. The van der Waals surface area contributed by atoms with Gasteiger partial charge in [-0.25, -0.2) is 4.79 Å². The van der Waals surface area contributed by atoms with Crippen LogP contribution in [0.15, 0.2) is 18.2 Å². The molecule has 0 saturated heterocycles. The first-order chi connectivity index (χ1) is 9.11. The summed E-state index contributed by atoms with van der Waals surface area (Å²) >= 11 is 0. The minimum absolute atomic E-state index is 0.00551. The van der Waals surface area contributed by atoms with Crippen LogP contribution in [0.25, 0.3) is 0 Å². The van der Waals surface area contributed by atoms with E-state index in [9.17, 15) is 9.90 Å². The van der Waals surface area contributed by atoms with E-state index >= 15 is 0 Å². The Hall–Kier alpha value is -1.71. The fraction of sp³-hybridized carbons (Fsp3) is 0.533. The number of ether oxygens (including phenoxy) is 1. The van der Waals surface area contributed by atoms with Gasteiger partial charge in [0, 0.05) is 0 Å². The highest BCUT2D eigenvalue weighted by atomic mass is 16.5. The van der Waals surface area contributed by atoms with Crippen LogP contribution in [0, 0.1) is 5.92 Å². The molecular formula is C15H21NO3. The molecule has 0 radical (unpaired) electrons. The molecule has 1 aromatic rings. The lowest BCUT2D eigenvalue weighted by Gasteiger charge is -2.30. The van der Waals surface area contributed by atoms with E-state index in [0.29, 0.717) is 11.5 Å². The number of rotatable bonds is 3. The molecule has 0 amide bonds. The second kappa shape index (κ2) is 5.95. The van der Waals surface area contributed by atoms with Crippen LogP contribution in [0.2, 0.25) is 0 Å².